The molecule has 1 aliphatic heterocycles. The molecule has 2 aromatic carbocycles. The second kappa shape index (κ2) is 8.73. The van der Waals surface area contributed by atoms with Crippen LogP contribution in [-0.2, 0) is 6.54 Å². The van der Waals surface area contributed by atoms with Crippen LogP contribution in [0.15, 0.2) is 66.7 Å². The van der Waals surface area contributed by atoms with E-state index in [9.17, 15) is 4.79 Å². The van der Waals surface area contributed by atoms with Crippen LogP contribution in [-0.4, -0.2) is 47.0 Å². The summed E-state index contributed by atoms with van der Waals surface area (Å²) in [6.07, 6.45) is 0. The number of carbonyl (C=O) groups excluding carboxylic acids is 1. The van der Waals surface area contributed by atoms with Crippen molar-refractivity contribution in [3.63, 3.8) is 0 Å². The molecule has 0 atom stereocenters. The van der Waals surface area contributed by atoms with E-state index in [4.69, 9.17) is 0 Å². The van der Waals surface area contributed by atoms with Gasteiger partial charge in [-0.15, -0.1) is 0 Å². The molecule has 1 N–H and O–H groups in total. The molecule has 4 rings (SSSR count). The molecule has 0 spiro atoms. The Labute approximate surface area is 171 Å². The SMILES string of the molecule is Cc1nc(NCc2ccccc2)cc(C(=O)N2CCN(c3ccccc3)CC2)n1. The number of aryl methyl sites for hydroxylation is 1. The Bertz CT molecular complexity index is 954. The van der Waals surface area contributed by atoms with Crippen LogP contribution < -0.4 is 10.2 Å². The van der Waals surface area contributed by atoms with Crippen LogP contribution in [0, 0.1) is 6.92 Å². The summed E-state index contributed by atoms with van der Waals surface area (Å²) in [5.74, 6) is 1.23. The lowest BCUT2D eigenvalue weighted by atomic mass is 10.2. The second-order valence-electron chi connectivity index (χ2n) is 7.14. The van der Waals surface area contributed by atoms with E-state index in [1.54, 1.807) is 6.07 Å². The van der Waals surface area contributed by atoms with E-state index in [0.717, 1.165) is 18.7 Å². The summed E-state index contributed by atoms with van der Waals surface area (Å²) in [5, 5.41) is 3.30. The van der Waals surface area contributed by atoms with Crippen molar-refractivity contribution in [1.29, 1.82) is 0 Å². The topological polar surface area (TPSA) is 61.4 Å². The van der Waals surface area contributed by atoms with Gasteiger partial charge in [0.15, 0.2) is 0 Å². The number of benzene rings is 2. The van der Waals surface area contributed by atoms with Crippen LogP contribution in [0.5, 0.6) is 0 Å². The monoisotopic (exact) mass is 387 g/mol. The van der Waals surface area contributed by atoms with Crippen LogP contribution in [0.2, 0.25) is 0 Å². The molecule has 6 heteroatoms. The molecule has 1 aliphatic rings. The lowest BCUT2D eigenvalue weighted by molar-refractivity contribution is 0.0740. The minimum atomic E-state index is -0.0361. The fourth-order valence-corrected chi connectivity index (χ4v) is 3.52. The number of hydrogen-bond donors (Lipinski definition) is 1. The van der Waals surface area contributed by atoms with Gasteiger partial charge in [0, 0.05) is 44.5 Å². The van der Waals surface area contributed by atoms with Gasteiger partial charge in [-0.3, -0.25) is 4.79 Å². The van der Waals surface area contributed by atoms with Crippen molar-refractivity contribution in [2.45, 2.75) is 13.5 Å². The van der Waals surface area contributed by atoms with Crippen molar-refractivity contribution < 1.29 is 4.79 Å². The molecule has 0 saturated carbocycles. The van der Waals surface area contributed by atoms with Gasteiger partial charge < -0.3 is 15.1 Å². The minimum absolute atomic E-state index is 0.0361. The van der Waals surface area contributed by atoms with Gasteiger partial charge >= 0.3 is 0 Å². The molecular formula is C23H25N5O. The van der Waals surface area contributed by atoms with Crippen LogP contribution in [0.25, 0.3) is 0 Å². The van der Waals surface area contributed by atoms with Gasteiger partial charge in [0.25, 0.3) is 5.91 Å². The van der Waals surface area contributed by atoms with E-state index in [1.165, 1.54) is 5.69 Å². The molecule has 0 bridgehead atoms. The number of amides is 1. The Morgan fingerprint density at radius 1 is 0.931 bits per heavy atom. The van der Waals surface area contributed by atoms with Crippen molar-refractivity contribution in [2.24, 2.45) is 0 Å². The zero-order valence-corrected chi connectivity index (χ0v) is 16.6. The first kappa shape index (κ1) is 18.9. The number of nitrogens with one attached hydrogen (secondary N) is 1. The predicted octanol–water partition coefficient (Wildman–Crippen LogP) is 3.36. The summed E-state index contributed by atoms with van der Waals surface area (Å²) in [6, 6.07) is 22.2. The fraction of sp³-hybridized carbons (Fsp3) is 0.261. The smallest absolute Gasteiger partial charge is 0.272 e. The largest absolute Gasteiger partial charge is 0.368 e. The summed E-state index contributed by atoms with van der Waals surface area (Å²) < 4.78 is 0. The number of nitrogens with zero attached hydrogens (tertiary/aromatic N) is 4. The summed E-state index contributed by atoms with van der Waals surface area (Å²) in [6.45, 7) is 5.48. The Kier molecular flexibility index (Phi) is 5.70. The van der Waals surface area contributed by atoms with E-state index in [2.05, 4.69) is 44.5 Å². The fourth-order valence-electron chi connectivity index (χ4n) is 3.52. The highest BCUT2D eigenvalue weighted by molar-refractivity contribution is 5.93. The number of hydrogen-bond acceptors (Lipinski definition) is 5. The van der Waals surface area contributed by atoms with Crippen molar-refractivity contribution >= 4 is 17.4 Å². The first-order chi connectivity index (χ1) is 14.2. The third-order valence-corrected chi connectivity index (χ3v) is 5.06. The average Bonchev–Trinajstić information content (AvgIpc) is 2.78. The summed E-state index contributed by atoms with van der Waals surface area (Å²) >= 11 is 0. The number of para-hydroxylation sites is 1. The predicted molar refractivity (Wildman–Crippen MR) is 115 cm³/mol. The van der Waals surface area contributed by atoms with Crippen LogP contribution in [0.3, 0.4) is 0 Å². The zero-order chi connectivity index (χ0) is 20.1. The van der Waals surface area contributed by atoms with Crippen molar-refractivity contribution in [3.8, 4) is 0 Å². The quantitative estimate of drug-likeness (QED) is 0.727. The molecule has 1 saturated heterocycles. The third-order valence-electron chi connectivity index (χ3n) is 5.06. The highest BCUT2D eigenvalue weighted by Crippen LogP contribution is 2.17. The molecule has 1 amide bonds. The molecule has 148 valence electrons. The molecule has 3 aromatic rings. The Morgan fingerprint density at radius 2 is 1.59 bits per heavy atom. The Balaban J connectivity index is 1.40. The van der Waals surface area contributed by atoms with Gasteiger partial charge in [0.05, 0.1) is 0 Å². The number of rotatable bonds is 5. The maximum absolute atomic E-state index is 13.0. The lowest BCUT2D eigenvalue weighted by Crippen LogP contribution is -2.49. The van der Waals surface area contributed by atoms with Gasteiger partial charge in [-0.2, -0.15) is 0 Å². The molecule has 6 nitrogen and oxygen atoms in total. The highest BCUT2D eigenvalue weighted by Gasteiger charge is 2.23. The Morgan fingerprint density at radius 3 is 2.28 bits per heavy atom. The van der Waals surface area contributed by atoms with Gasteiger partial charge in [-0.25, -0.2) is 9.97 Å². The van der Waals surface area contributed by atoms with E-state index in [-0.39, 0.29) is 5.91 Å². The molecule has 2 heterocycles. The number of anilines is 2. The normalized spacial score (nSPS) is 14.0. The molecular weight excluding hydrogens is 362 g/mol. The van der Waals surface area contributed by atoms with Crippen molar-refractivity contribution in [2.75, 3.05) is 36.4 Å². The van der Waals surface area contributed by atoms with Crippen molar-refractivity contribution in [1.82, 2.24) is 14.9 Å². The average molecular weight is 387 g/mol. The van der Waals surface area contributed by atoms with Gasteiger partial charge in [0.1, 0.15) is 17.3 Å². The molecule has 1 fully saturated rings. The molecule has 0 aliphatic carbocycles. The molecule has 0 radical (unpaired) electrons. The van der Waals surface area contributed by atoms with E-state index in [1.807, 2.05) is 48.2 Å². The number of aromatic nitrogens is 2. The van der Waals surface area contributed by atoms with E-state index >= 15 is 0 Å². The second-order valence-corrected chi connectivity index (χ2v) is 7.14. The lowest BCUT2D eigenvalue weighted by Gasteiger charge is -2.36. The standard InChI is InChI=1S/C23H25N5O/c1-18-25-21(16-22(26-18)24-17-19-8-4-2-5-9-19)23(29)28-14-12-27(13-15-28)20-10-6-3-7-11-20/h2-11,16H,12-15,17H2,1H3,(H,24,25,26). The summed E-state index contributed by atoms with van der Waals surface area (Å²) in [7, 11) is 0. The van der Waals surface area contributed by atoms with Crippen molar-refractivity contribution in [3.05, 3.63) is 83.8 Å². The van der Waals surface area contributed by atoms with Crippen LogP contribution in [0.1, 0.15) is 21.9 Å². The first-order valence-corrected chi connectivity index (χ1v) is 9.92. The molecule has 1 aromatic heterocycles. The molecule has 0 unspecified atom stereocenters. The summed E-state index contributed by atoms with van der Waals surface area (Å²) in [5.41, 5.74) is 2.81. The maximum atomic E-state index is 13.0. The maximum Gasteiger partial charge on any atom is 0.272 e. The minimum Gasteiger partial charge on any atom is -0.368 e. The number of piperazine rings is 1. The van der Waals surface area contributed by atoms with Gasteiger partial charge in [0.2, 0.25) is 0 Å². The third kappa shape index (κ3) is 4.71. The zero-order valence-electron chi connectivity index (χ0n) is 16.6. The first-order valence-electron chi connectivity index (χ1n) is 9.92. The van der Waals surface area contributed by atoms with Crippen LogP contribution >= 0.6 is 0 Å². The summed E-state index contributed by atoms with van der Waals surface area (Å²) in [4.78, 5) is 26.0. The van der Waals surface area contributed by atoms with E-state index < -0.39 is 0 Å². The Hall–Kier alpha value is -3.41. The molecule has 29 heavy (non-hydrogen) atoms. The number of carbonyl (C=O) groups is 1. The van der Waals surface area contributed by atoms with Crippen LogP contribution in [0.4, 0.5) is 11.5 Å². The highest BCUT2D eigenvalue weighted by atomic mass is 16.2. The van der Waals surface area contributed by atoms with Gasteiger partial charge in [-0.05, 0) is 24.6 Å². The van der Waals surface area contributed by atoms with E-state index in [0.29, 0.717) is 37.0 Å². The van der Waals surface area contributed by atoms with Gasteiger partial charge in [-0.1, -0.05) is 48.5 Å².